The van der Waals surface area contributed by atoms with E-state index < -0.39 is 0 Å². The van der Waals surface area contributed by atoms with E-state index in [2.05, 4.69) is 29.7 Å². The minimum Gasteiger partial charge on any atom is -0.468 e. The number of rotatable bonds is 5. The van der Waals surface area contributed by atoms with Crippen LogP contribution in [0.2, 0.25) is 0 Å². The third-order valence-electron chi connectivity index (χ3n) is 3.39. The van der Waals surface area contributed by atoms with E-state index in [0.29, 0.717) is 24.3 Å². The predicted octanol–water partition coefficient (Wildman–Crippen LogP) is 0.467. The molecule has 0 atom stereocenters. The van der Waals surface area contributed by atoms with Gasteiger partial charge in [0.05, 0.1) is 26.1 Å². The summed E-state index contributed by atoms with van der Waals surface area (Å²) in [5.74, 6) is 1.14. The second-order valence-electron chi connectivity index (χ2n) is 5.10. The van der Waals surface area contributed by atoms with Crippen LogP contribution in [-0.4, -0.2) is 69.9 Å². The molecule has 10 heteroatoms. The normalized spacial score (nSPS) is 14.7. The number of esters is 1. The van der Waals surface area contributed by atoms with Crippen molar-refractivity contribution in [2.24, 2.45) is 0 Å². The van der Waals surface area contributed by atoms with Crippen LogP contribution in [0.15, 0.2) is 17.6 Å². The number of methoxy groups -OCH3 is 1. The lowest BCUT2D eigenvalue weighted by Crippen LogP contribution is -2.37. The Morgan fingerprint density at radius 3 is 2.92 bits per heavy atom. The Bertz CT molecular complexity index is 716. The molecule has 0 unspecified atom stereocenters. The molecule has 0 N–H and O–H groups in total. The number of ether oxygens (including phenoxy) is 2. The summed E-state index contributed by atoms with van der Waals surface area (Å²) in [6, 6.07) is 1.94. The van der Waals surface area contributed by atoms with Crippen molar-refractivity contribution in [2.45, 2.75) is 12.1 Å². The topological polar surface area (TPSA) is 95.3 Å². The molecule has 3 rings (SSSR count). The average molecular weight is 350 g/mol. The number of morpholine rings is 1. The van der Waals surface area contributed by atoms with Crippen LogP contribution in [0.1, 0.15) is 5.69 Å². The van der Waals surface area contributed by atoms with Gasteiger partial charge in [-0.3, -0.25) is 4.79 Å². The summed E-state index contributed by atoms with van der Waals surface area (Å²) in [5, 5.41) is 4.78. The average Bonchev–Trinajstić information content (AvgIpc) is 3.09. The highest BCUT2D eigenvalue weighted by molar-refractivity contribution is 7.99. The fourth-order valence-corrected chi connectivity index (χ4v) is 2.82. The van der Waals surface area contributed by atoms with Gasteiger partial charge in [0.15, 0.2) is 0 Å². The molecule has 9 nitrogen and oxygen atoms in total. The zero-order valence-electron chi connectivity index (χ0n) is 13.5. The molecule has 1 aliphatic heterocycles. The smallest absolute Gasteiger partial charge is 0.316 e. The fraction of sp³-hybridized carbons (Fsp3) is 0.500. The Kier molecular flexibility index (Phi) is 5.26. The number of nitrogens with zero attached hydrogens (tertiary/aromatic N) is 6. The molecular formula is C14H18N6O3S. The quantitative estimate of drug-likeness (QED) is 0.563. The van der Waals surface area contributed by atoms with E-state index in [-0.39, 0.29) is 11.7 Å². The molecule has 24 heavy (non-hydrogen) atoms. The molecule has 2 aromatic heterocycles. The fourth-order valence-electron chi connectivity index (χ4n) is 2.19. The molecule has 2 aromatic rings. The van der Waals surface area contributed by atoms with Gasteiger partial charge in [0, 0.05) is 24.8 Å². The van der Waals surface area contributed by atoms with E-state index in [0.717, 1.165) is 24.6 Å². The van der Waals surface area contributed by atoms with Gasteiger partial charge in [-0.25, -0.2) is 9.97 Å². The standard InChI is InChI=1S/C14H18N6O3S/c1-10-7-11(19-3-5-23-6-4-19)17-13(16-10)20-9-15-14(18-20)24-8-12(21)22-2/h7,9H,3-6,8H2,1-2H3. The van der Waals surface area contributed by atoms with Gasteiger partial charge in [0.25, 0.3) is 5.95 Å². The highest BCUT2D eigenvalue weighted by Crippen LogP contribution is 2.17. The number of aromatic nitrogens is 5. The molecule has 0 amide bonds. The lowest BCUT2D eigenvalue weighted by atomic mass is 10.3. The number of thioether (sulfide) groups is 1. The molecule has 3 heterocycles. The molecule has 0 aromatic carbocycles. The van der Waals surface area contributed by atoms with Crippen molar-refractivity contribution in [2.75, 3.05) is 44.1 Å². The van der Waals surface area contributed by atoms with Crippen LogP contribution >= 0.6 is 11.8 Å². The summed E-state index contributed by atoms with van der Waals surface area (Å²) in [7, 11) is 1.35. The van der Waals surface area contributed by atoms with Crippen molar-refractivity contribution >= 4 is 23.5 Å². The molecule has 0 spiro atoms. The van der Waals surface area contributed by atoms with Crippen LogP contribution < -0.4 is 4.90 Å². The van der Waals surface area contributed by atoms with Crippen molar-refractivity contribution in [3.63, 3.8) is 0 Å². The van der Waals surface area contributed by atoms with Gasteiger partial charge in [0.1, 0.15) is 12.1 Å². The highest BCUT2D eigenvalue weighted by Gasteiger charge is 2.15. The van der Waals surface area contributed by atoms with Gasteiger partial charge in [0.2, 0.25) is 5.16 Å². The summed E-state index contributed by atoms with van der Waals surface area (Å²) in [4.78, 5) is 26.5. The number of carbonyl (C=O) groups excluding carboxylic acids is 1. The van der Waals surface area contributed by atoms with Gasteiger partial charge < -0.3 is 14.4 Å². The van der Waals surface area contributed by atoms with E-state index in [1.54, 1.807) is 0 Å². The SMILES string of the molecule is COC(=O)CSc1ncn(-c2nc(C)cc(N3CCOCC3)n2)n1. The van der Waals surface area contributed by atoms with E-state index >= 15 is 0 Å². The molecule has 0 saturated carbocycles. The van der Waals surface area contributed by atoms with Crippen LogP contribution in [0.3, 0.4) is 0 Å². The van der Waals surface area contributed by atoms with Gasteiger partial charge in [-0.15, -0.1) is 5.10 Å². The summed E-state index contributed by atoms with van der Waals surface area (Å²) in [5.41, 5.74) is 0.848. The van der Waals surface area contributed by atoms with Crippen LogP contribution in [0.5, 0.6) is 0 Å². The molecule has 128 valence electrons. The van der Waals surface area contributed by atoms with Crippen molar-refractivity contribution in [3.05, 3.63) is 18.1 Å². The summed E-state index contributed by atoms with van der Waals surface area (Å²) < 4.78 is 11.5. The minimum atomic E-state index is -0.322. The third kappa shape index (κ3) is 4.01. The first-order chi connectivity index (χ1) is 11.7. The Morgan fingerprint density at radius 2 is 2.17 bits per heavy atom. The number of hydrogen-bond donors (Lipinski definition) is 0. The zero-order chi connectivity index (χ0) is 16.9. The van der Waals surface area contributed by atoms with E-state index in [1.165, 1.54) is 29.9 Å². The minimum absolute atomic E-state index is 0.161. The second kappa shape index (κ2) is 7.58. The molecule has 0 aliphatic carbocycles. The van der Waals surface area contributed by atoms with Crippen molar-refractivity contribution in [1.82, 2.24) is 24.7 Å². The first-order valence-electron chi connectivity index (χ1n) is 7.46. The van der Waals surface area contributed by atoms with Crippen molar-refractivity contribution < 1.29 is 14.3 Å². The Hall–Kier alpha value is -2.20. The van der Waals surface area contributed by atoms with Crippen molar-refractivity contribution in [1.29, 1.82) is 0 Å². The summed E-state index contributed by atoms with van der Waals surface area (Å²) in [6.07, 6.45) is 1.54. The third-order valence-corrected chi connectivity index (χ3v) is 4.21. The molecule has 0 radical (unpaired) electrons. The summed E-state index contributed by atoms with van der Waals surface area (Å²) in [6.45, 7) is 4.89. The first kappa shape index (κ1) is 16.7. The van der Waals surface area contributed by atoms with Crippen molar-refractivity contribution in [3.8, 4) is 5.95 Å². The van der Waals surface area contributed by atoms with E-state index in [4.69, 9.17) is 4.74 Å². The van der Waals surface area contributed by atoms with E-state index in [1.807, 2.05) is 13.0 Å². The number of hydrogen-bond acceptors (Lipinski definition) is 9. The number of aryl methyl sites for hydroxylation is 1. The van der Waals surface area contributed by atoms with Crippen LogP contribution in [0.25, 0.3) is 5.95 Å². The number of carbonyl (C=O) groups is 1. The summed E-state index contributed by atoms with van der Waals surface area (Å²) >= 11 is 1.20. The highest BCUT2D eigenvalue weighted by atomic mass is 32.2. The first-order valence-corrected chi connectivity index (χ1v) is 8.44. The monoisotopic (exact) mass is 350 g/mol. The Labute approximate surface area is 143 Å². The zero-order valence-corrected chi connectivity index (χ0v) is 14.3. The second-order valence-corrected chi connectivity index (χ2v) is 6.05. The maximum Gasteiger partial charge on any atom is 0.316 e. The predicted molar refractivity (Wildman–Crippen MR) is 87.5 cm³/mol. The molecule has 1 fully saturated rings. The van der Waals surface area contributed by atoms with Gasteiger partial charge in [-0.2, -0.15) is 9.67 Å². The maximum atomic E-state index is 11.2. The number of anilines is 1. The molecule has 1 aliphatic rings. The molecule has 0 bridgehead atoms. The van der Waals surface area contributed by atoms with Crippen LogP contribution in [0, 0.1) is 6.92 Å². The lowest BCUT2D eigenvalue weighted by Gasteiger charge is -2.28. The van der Waals surface area contributed by atoms with Gasteiger partial charge in [-0.1, -0.05) is 11.8 Å². The lowest BCUT2D eigenvalue weighted by molar-refractivity contribution is -0.137. The maximum absolute atomic E-state index is 11.2. The largest absolute Gasteiger partial charge is 0.468 e. The Morgan fingerprint density at radius 1 is 1.38 bits per heavy atom. The van der Waals surface area contributed by atoms with Crippen LogP contribution in [-0.2, 0) is 14.3 Å². The molecule has 1 saturated heterocycles. The Balaban J connectivity index is 1.77. The van der Waals surface area contributed by atoms with Gasteiger partial charge in [-0.05, 0) is 6.92 Å². The van der Waals surface area contributed by atoms with Crippen LogP contribution in [0.4, 0.5) is 5.82 Å². The van der Waals surface area contributed by atoms with E-state index in [9.17, 15) is 4.79 Å². The molecular weight excluding hydrogens is 332 g/mol. The van der Waals surface area contributed by atoms with Gasteiger partial charge >= 0.3 is 5.97 Å².